The number of carbonyl (C=O) groups is 1. The van der Waals surface area contributed by atoms with Crippen molar-refractivity contribution in [3.63, 3.8) is 0 Å². The molecular formula is C27H31ClN6O2. The molecule has 1 saturated carbocycles. The Hall–Kier alpha value is -3.10. The highest BCUT2D eigenvalue weighted by Gasteiger charge is 2.47. The number of likely N-dealkylation sites (tertiary alicyclic amines) is 1. The first kappa shape index (κ1) is 23.3. The molecule has 2 aromatic heterocycles. The quantitative estimate of drug-likeness (QED) is 0.414. The molecule has 1 aliphatic heterocycles. The molecule has 9 heteroatoms. The second-order valence-electron chi connectivity index (χ2n) is 10.5. The van der Waals surface area contributed by atoms with E-state index in [4.69, 9.17) is 27.1 Å². The number of methoxy groups -OCH3 is 1. The van der Waals surface area contributed by atoms with Gasteiger partial charge in [0.25, 0.3) is 0 Å². The van der Waals surface area contributed by atoms with Crippen molar-refractivity contribution in [2.24, 2.45) is 29.4 Å². The number of imidazole rings is 1. The number of aromatic amines is 1. The number of nitrogens with one attached hydrogen (secondary N) is 2. The summed E-state index contributed by atoms with van der Waals surface area (Å²) in [5, 5.41) is 4.00. The van der Waals surface area contributed by atoms with Gasteiger partial charge in [0.1, 0.15) is 17.1 Å². The van der Waals surface area contributed by atoms with Crippen LogP contribution >= 0.6 is 11.6 Å². The standard InChI is InChI=1S/C27H31ClN6O2/c1-14-7-8-34(12-14)13-15-3-6-18(20(9-15)36-2)26-32-24-23(19(28)11-30-27(24)33-26)31-22-17-5-4-16(10-17)21(22)25(29)35/h3-6,9,11,14,16-17,21-22H,7-8,10,12-13H2,1-2H3,(H2,29,35)(H2,30,31,32,33)/t14-,16-,17+,21+,22-/m1/s1. The van der Waals surface area contributed by atoms with Gasteiger partial charge < -0.3 is 20.8 Å². The molecule has 0 radical (unpaired) electrons. The van der Waals surface area contributed by atoms with Crippen LogP contribution in [0.1, 0.15) is 25.3 Å². The maximum atomic E-state index is 12.2. The number of primary amides is 1. The Morgan fingerprint density at radius 1 is 1.33 bits per heavy atom. The summed E-state index contributed by atoms with van der Waals surface area (Å²) in [5.41, 5.74) is 9.77. The highest BCUT2D eigenvalue weighted by molar-refractivity contribution is 6.34. The molecule has 2 bridgehead atoms. The first-order chi connectivity index (χ1) is 17.4. The van der Waals surface area contributed by atoms with Crippen LogP contribution in [0.5, 0.6) is 5.75 Å². The molecule has 2 aliphatic carbocycles. The van der Waals surface area contributed by atoms with Crippen LogP contribution in [0.3, 0.4) is 0 Å². The third-order valence-corrected chi connectivity index (χ3v) is 8.29. The fourth-order valence-corrected chi connectivity index (χ4v) is 6.43. The van der Waals surface area contributed by atoms with Crippen LogP contribution in [0.4, 0.5) is 5.69 Å². The molecule has 1 amide bonds. The predicted molar refractivity (Wildman–Crippen MR) is 141 cm³/mol. The molecule has 188 valence electrons. The molecule has 3 heterocycles. The van der Waals surface area contributed by atoms with Crippen molar-refractivity contribution in [2.75, 3.05) is 25.5 Å². The van der Waals surface area contributed by atoms with E-state index in [0.29, 0.717) is 27.7 Å². The summed E-state index contributed by atoms with van der Waals surface area (Å²) in [4.78, 5) is 27.3. The summed E-state index contributed by atoms with van der Waals surface area (Å²) in [6.45, 7) is 5.47. The van der Waals surface area contributed by atoms with Gasteiger partial charge in [-0.25, -0.2) is 9.97 Å². The topological polar surface area (TPSA) is 109 Å². The minimum Gasteiger partial charge on any atom is -0.496 e. The van der Waals surface area contributed by atoms with E-state index in [1.165, 1.54) is 12.0 Å². The summed E-state index contributed by atoms with van der Waals surface area (Å²) >= 11 is 6.60. The molecule has 1 saturated heterocycles. The highest BCUT2D eigenvalue weighted by Crippen LogP contribution is 2.46. The molecule has 36 heavy (non-hydrogen) atoms. The fraction of sp³-hybridized carbons (Fsp3) is 0.444. The van der Waals surface area contributed by atoms with Crippen molar-refractivity contribution in [2.45, 2.75) is 32.4 Å². The molecule has 5 atom stereocenters. The maximum absolute atomic E-state index is 12.2. The van der Waals surface area contributed by atoms with Crippen LogP contribution < -0.4 is 15.8 Å². The summed E-state index contributed by atoms with van der Waals surface area (Å²) in [6.07, 6.45) is 8.04. The number of ether oxygens (including phenoxy) is 1. The van der Waals surface area contributed by atoms with Gasteiger partial charge in [0, 0.05) is 19.1 Å². The monoisotopic (exact) mass is 506 g/mol. The zero-order chi connectivity index (χ0) is 25.0. The second-order valence-corrected chi connectivity index (χ2v) is 10.9. The van der Waals surface area contributed by atoms with E-state index in [2.05, 4.69) is 51.4 Å². The number of anilines is 1. The van der Waals surface area contributed by atoms with Gasteiger partial charge in [-0.3, -0.25) is 9.69 Å². The largest absolute Gasteiger partial charge is 0.496 e. The molecular weight excluding hydrogens is 476 g/mol. The van der Waals surface area contributed by atoms with Gasteiger partial charge in [-0.15, -0.1) is 0 Å². The number of carbonyl (C=O) groups excluding carboxylic acids is 1. The second kappa shape index (κ2) is 9.09. The Labute approximate surface area is 215 Å². The number of hydrogen-bond acceptors (Lipinski definition) is 6. The van der Waals surface area contributed by atoms with E-state index >= 15 is 0 Å². The predicted octanol–water partition coefficient (Wildman–Crippen LogP) is 4.22. The molecule has 4 N–H and O–H groups in total. The lowest BCUT2D eigenvalue weighted by molar-refractivity contribution is -0.122. The van der Waals surface area contributed by atoms with Gasteiger partial charge in [0.05, 0.1) is 35.5 Å². The first-order valence-corrected chi connectivity index (χ1v) is 13.0. The molecule has 3 aliphatic rings. The van der Waals surface area contributed by atoms with Crippen LogP contribution in [-0.2, 0) is 11.3 Å². The molecule has 3 aromatic rings. The van der Waals surface area contributed by atoms with Crippen molar-refractivity contribution in [3.8, 4) is 17.1 Å². The van der Waals surface area contributed by atoms with Crippen molar-refractivity contribution in [1.82, 2.24) is 19.9 Å². The number of aromatic nitrogens is 3. The van der Waals surface area contributed by atoms with Crippen LogP contribution in [0.15, 0.2) is 36.5 Å². The number of nitrogens with two attached hydrogens (primary N) is 1. The van der Waals surface area contributed by atoms with E-state index in [1.54, 1.807) is 13.3 Å². The van der Waals surface area contributed by atoms with Crippen LogP contribution in [0.2, 0.25) is 5.02 Å². The third kappa shape index (κ3) is 4.02. The fourth-order valence-electron chi connectivity index (χ4n) is 6.23. The van der Waals surface area contributed by atoms with Crippen molar-refractivity contribution >= 4 is 34.4 Å². The van der Waals surface area contributed by atoms with Gasteiger partial charge >= 0.3 is 0 Å². The van der Waals surface area contributed by atoms with Crippen LogP contribution in [0, 0.1) is 23.7 Å². The van der Waals surface area contributed by atoms with Gasteiger partial charge in [0.15, 0.2) is 5.65 Å². The number of allylic oxidation sites excluding steroid dienone is 1. The van der Waals surface area contributed by atoms with Crippen molar-refractivity contribution in [1.29, 1.82) is 0 Å². The number of halogens is 1. The molecule has 1 aromatic carbocycles. The number of nitrogens with zero attached hydrogens (tertiary/aromatic N) is 3. The maximum Gasteiger partial charge on any atom is 0.223 e. The normalized spacial score (nSPS) is 27.2. The summed E-state index contributed by atoms with van der Waals surface area (Å²) in [7, 11) is 1.68. The Morgan fingerprint density at radius 2 is 2.17 bits per heavy atom. The zero-order valence-corrected chi connectivity index (χ0v) is 21.3. The van der Waals surface area contributed by atoms with Gasteiger partial charge in [-0.05, 0) is 54.8 Å². The van der Waals surface area contributed by atoms with Crippen LogP contribution in [0.25, 0.3) is 22.6 Å². The number of fused-ring (bicyclic) bond motifs is 3. The molecule has 6 rings (SSSR count). The third-order valence-electron chi connectivity index (χ3n) is 8.01. The Balaban J connectivity index is 1.32. The SMILES string of the molecule is COc1cc(CN2CC[C@@H](C)C2)ccc1-c1nc2ncc(Cl)c(N[C@H]3[C@@H](C(N)=O)[C@@H]4C=C[C@H]3C4)c2[nH]1. The zero-order valence-electron chi connectivity index (χ0n) is 20.5. The van der Waals surface area contributed by atoms with E-state index in [9.17, 15) is 4.79 Å². The van der Waals surface area contributed by atoms with Gasteiger partial charge in [0.2, 0.25) is 5.91 Å². The Morgan fingerprint density at radius 3 is 2.92 bits per heavy atom. The van der Waals surface area contributed by atoms with Crippen LogP contribution in [-0.4, -0.2) is 52.0 Å². The summed E-state index contributed by atoms with van der Waals surface area (Å²) in [5.74, 6) is 2.01. The number of benzene rings is 1. The van der Waals surface area contributed by atoms with E-state index < -0.39 is 0 Å². The first-order valence-electron chi connectivity index (χ1n) is 12.6. The summed E-state index contributed by atoms with van der Waals surface area (Å²) < 4.78 is 5.76. The highest BCUT2D eigenvalue weighted by atomic mass is 35.5. The van der Waals surface area contributed by atoms with Crippen molar-refractivity contribution < 1.29 is 9.53 Å². The lowest BCUT2D eigenvalue weighted by Crippen LogP contribution is -2.41. The number of hydrogen-bond donors (Lipinski definition) is 3. The number of H-pyrrole nitrogens is 1. The lowest BCUT2D eigenvalue weighted by Gasteiger charge is -2.28. The molecule has 2 fully saturated rings. The van der Waals surface area contributed by atoms with Crippen molar-refractivity contribution in [3.05, 3.63) is 47.1 Å². The average Bonchev–Trinajstić information content (AvgIpc) is 3.65. The van der Waals surface area contributed by atoms with E-state index in [-0.39, 0.29) is 29.7 Å². The van der Waals surface area contributed by atoms with E-state index in [1.807, 2.05) is 6.07 Å². The molecule has 0 spiro atoms. The Bertz CT molecular complexity index is 1350. The minimum absolute atomic E-state index is 0.116. The van der Waals surface area contributed by atoms with E-state index in [0.717, 1.165) is 43.3 Å². The minimum atomic E-state index is -0.288. The van der Waals surface area contributed by atoms with Gasteiger partial charge in [-0.2, -0.15) is 0 Å². The number of amides is 1. The Kier molecular flexibility index (Phi) is 5.88. The summed E-state index contributed by atoms with van der Waals surface area (Å²) in [6, 6.07) is 6.15. The average molecular weight is 507 g/mol. The lowest BCUT2D eigenvalue weighted by atomic mass is 9.88. The smallest absolute Gasteiger partial charge is 0.223 e. The number of rotatable bonds is 7. The van der Waals surface area contributed by atoms with Gasteiger partial charge in [-0.1, -0.05) is 36.7 Å². The number of pyridine rings is 1. The molecule has 0 unspecified atom stereocenters. The molecule has 8 nitrogen and oxygen atoms in total.